The number of carbonyl (C=O) groups is 1. The first-order valence-electron chi connectivity index (χ1n) is 23.3. The third kappa shape index (κ3) is 23.1. The summed E-state index contributed by atoms with van der Waals surface area (Å²) in [4.78, 5) is 12.7. The van der Waals surface area contributed by atoms with Crippen molar-refractivity contribution in [2.45, 2.75) is 235 Å². The highest BCUT2D eigenvalue weighted by atomic mass is 16.7. The molecule has 0 aromatic rings. The Morgan fingerprint density at radius 3 is 1.54 bits per heavy atom. The van der Waals surface area contributed by atoms with Crippen LogP contribution in [0, 0.1) is 0 Å². The predicted molar refractivity (Wildman–Crippen MR) is 224 cm³/mol. The van der Waals surface area contributed by atoms with E-state index in [0.29, 0.717) is 13.0 Å². The Morgan fingerprint density at radius 1 is 0.542 bits per heavy atom. The number of hydrogen-bond donors (Lipinski definition) is 7. The van der Waals surface area contributed by atoms with Gasteiger partial charge in [-0.1, -0.05) is 135 Å². The highest BCUT2D eigenvalue weighted by Crippen LogP contribution is 2.26. The van der Waals surface area contributed by atoms with Gasteiger partial charge < -0.3 is 64.2 Å². The van der Waals surface area contributed by atoms with Crippen LogP contribution in [0.25, 0.3) is 0 Å². The van der Waals surface area contributed by atoms with Gasteiger partial charge in [-0.15, -0.1) is 0 Å². The Morgan fingerprint density at radius 2 is 1.00 bits per heavy atom. The molecule has 14 nitrogen and oxygen atoms in total. The molecule has 2 heterocycles. The number of allylic oxidation sites excluding steroid dienone is 2. The molecule has 0 aromatic heterocycles. The monoisotopic (exact) mass is 849 g/mol. The van der Waals surface area contributed by atoms with E-state index < -0.39 is 80.7 Å². The fourth-order valence-electron chi connectivity index (χ4n) is 7.40. The van der Waals surface area contributed by atoms with Crippen LogP contribution in [0.15, 0.2) is 12.2 Å². The highest BCUT2D eigenvalue weighted by molar-refractivity contribution is 5.69. The van der Waals surface area contributed by atoms with Gasteiger partial charge in [-0.05, 0) is 38.5 Å². The summed E-state index contributed by atoms with van der Waals surface area (Å²) in [6, 6.07) is 0. The summed E-state index contributed by atoms with van der Waals surface area (Å²) in [5.74, 6) is -0.388. The zero-order chi connectivity index (χ0) is 43.1. The van der Waals surface area contributed by atoms with Gasteiger partial charge >= 0.3 is 5.97 Å². The average Bonchev–Trinajstić information content (AvgIpc) is 3.23. The van der Waals surface area contributed by atoms with Crippen LogP contribution >= 0.6 is 0 Å². The summed E-state index contributed by atoms with van der Waals surface area (Å²) in [5, 5.41) is 71.7. The molecular weight excluding hydrogens is 764 g/mol. The summed E-state index contributed by atoms with van der Waals surface area (Å²) < 4.78 is 34.0. The first-order chi connectivity index (χ1) is 28.6. The van der Waals surface area contributed by atoms with Crippen molar-refractivity contribution >= 4 is 5.97 Å². The molecule has 11 unspecified atom stereocenters. The minimum atomic E-state index is -1.70. The Balaban J connectivity index is 1.69. The fourth-order valence-corrected chi connectivity index (χ4v) is 7.40. The standard InChI is InChI=1S/C45H84O14/c1-3-5-7-9-10-11-12-13-14-15-16-17-18-19-20-21-22-23-25-27-29-54-31-34(57-37(47)28-26-24-8-6-4-2)32-55-44-43(53)41(51)39(49)36(59-44)33-56-45-42(52)40(50)38(48)35(30-46)58-45/h13-14,34-36,38-46,48-53H,3-12,15-33H2,1-2H3/b14-13-. The fraction of sp³-hybridized carbons (Fsp3) is 0.933. The van der Waals surface area contributed by atoms with E-state index in [4.69, 9.17) is 28.4 Å². The summed E-state index contributed by atoms with van der Waals surface area (Å²) in [5.41, 5.74) is 0. The van der Waals surface area contributed by atoms with E-state index in [1.165, 1.54) is 96.3 Å². The van der Waals surface area contributed by atoms with Crippen LogP contribution < -0.4 is 0 Å². The molecule has 2 saturated heterocycles. The number of carbonyl (C=O) groups excluding carboxylic acids is 1. The summed E-state index contributed by atoms with van der Waals surface area (Å²) in [7, 11) is 0. The van der Waals surface area contributed by atoms with E-state index >= 15 is 0 Å². The number of aliphatic hydroxyl groups excluding tert-OH is 7. The lowest BCUT2D eigenvalue weighted by molar-refractivity contribution is -0.332. The maximum Gasteiger partial charge on any atom is 0.306 e. The van der Waals surface area contributed by atoms with Crippen LogP contribution in [0.4, 0.5) is 0 Å². The van der Waals surface area contributed by atoms with Gasteiger partial charge in [0.25, 0.3) is 0 Å². The number of aliphatic hydroxyl groups is 7. The van der Waals surface area contributed by atoms with Crippen LogP contribution in [-0.4, -0.2) is 142 Å². The van der Waals surface area contributed by atoms with Crippen molar-refractivity contribution in [2.75, 3.05) is 33.0 Å². The van der Waals surface area contributed by atoms with E-state index in [9.17, 15) is 40.5 Å². The van der Waals surface area contributed by atoms with E-state index in [2.05, 4.69) is 26.0 Å². The van der Waals surface area contributed by atoms with Crippen molar-refractivity contribution in [2.24, 2.45) is 0 Å². The van der Waals surface area contributed by atoms with E-state index in [1.54, 1.807) is 0 Å². The summed E-state index contributed by atoms with van der Waals surface area (Å²) >= 11 is 0. The zero-order valence-corrected chi connectivity index (χ0v) is 36.5. The van der Waals surface area contributed by atoms with E-state index in [0.717, 1.165) is 44.9 Å². The molecule has 2 aliphatic rings. The second kappa shape index (κ2) is 34.2. The van der Waals surface area contributed by atoms with Gasteiger partial charge in [0.05, 0.1) is 26.4 Å². The van der Waals surface area contributed by atoms with Crippen molar-refractivity contribution in [3.8, 4) is 0 Å². The minimum absolute atomic E-state index is 0.0636. The molecule has 7 N–H and O–H groups in total. The smallest absolute Gasteiger partial charge is 0.306 e. The minimum Gasteiger partial charge on any atom is -0.457 e. The summed E-state index contributed by atoms with van der Waals surface area (Å²) in [6.07, 6.45) is 16.3. The molecule has 0 bridgehead atoms. The molecule has 0 saturated carbocycles. The van der Waals surface area contributed by atoms with Crippen LogP contribution in [0.5, 0.6) is 0 Å². The molecule has 0 spiro atoms. The largest absolute Gasteiger partial charge is 0.457 e. The number of unbranched alkanes of at least 4 members (excludes halogenated alkanes) is 20. The molecule has 0 aliphatic carbocycles. The van der Waals surface area contributed by atoms with Crippen molar-refractivity contribution in [1.82, 2.24) is 0 Å². The van der Waals surface area contributed by atoms with Crippen molar-refractivity contribution in [3.05, 3.63) is 12.2 Å². The molecule has 0 amide bonds. The zero-order valence-electron chi connectivity index (χ0n) is 36.5. The first kappa shape index (κ1) is 53.9. The normalized spacial score (nSPS) is 28.0. The van der Waals surface area contributed by atoms with Gasteiger partial charge in [0.2, 0.25) is 0 Å². The van der Waals surface area contributed by atoms with Crippen molar-refractivity contribution in [1.29, 1.82) is 0 Å². The quantitative estimate of drug-likeness (QED) is 0.0235. The lowest BCUT2D eigenvalue weighted by Gasteiger charge is -2.42. The maximum absolute atomic E-state index is 12.7. The van der Waals surface area contributed by atoms with Gasteiger partial charge in [0, 0.05) is 13.0 Å². The third-order valence-corrected chi connectivity index (χ3v) is 11.3. The predicted octanol–water partition coefficient (Wildman–Crippen LogP) is 5.51. The molecule has 0 radical (unpaired) electrons. The second-order valence-electron chi connectivity index (χ2n) is 16.6. The van der Waals surface area contributed by atoms with Crippen LogP contribution in [0.2, 0.25) is 0 Å². The second-order valence-corrected chi connectivity index (χ2v) is 16.6. The first-order valence-corrected chi connectivity index (χ1v) is 23.3. The van der Waals surface area contributed by atoms with Crippen molar-refractivity contribution in [3.63, 3.8) is 0 Å². The van der Waals surface area contributed by atoms with E-state index in [-0.39, 0.29) is 25.6 Å². The lowest BCUT2D eigenvalue weighted by Crippen LogP contribution is -2.61. The number of esters is 1. The van der Waals surface area contributed by atoms with E-state index in [1.807, 2.05) is 0 Å². The van der Waals surface area contributed by atoms with Crippen LogP contribution in [0.1, 0.15) is 168 Å². The number of hydrogen-bond acceptors (Lipinski definition) is 14. The van der Waals surface area contributed by atoms with Gasteiger partial charge in [-0.3, -0.25) is 4.79 Å². The van der Waals surface area contributed by atoms with Gasteiger partial charge in [-0.25, -0.2) is 0 Å². The molecule has 2 aliphatic heterocycles. The molecule has 348 valence electrons. The van der Waals surface area contributed by atoms with Gasteiger partial charge in [0.1, 0.15) is 54.9 Å². The molecule has 0 aromatic carbocycles. The maximum atomic E-state index is 12.7. The van der Waals surface area contributed by atoms with Crippen LogP contribution in [-0.2, 0) is 33.2 Å². The molecule has 11 atom stereocenters. The molecular formula is C45H84O14. The Kier molecular flexibility index (Phi) is 31.3. The van der Waals surface area contributed by atoms with Crippen LogP contribution in [0.3, 0.4) is 0 Å². The molecule has 2 rings (SSSR count). The number of rotatable bonds is 36. The molecule has 59 heavy (non-hydrogen) atoms. The van der Waals surface area contributed by atoms with Gasteiger partial charge in [-0.2, -0.15) is 0 Å². The van der Waals surface area contributed by atoms with Crippen molar-refractivity contribution < 1.29 is 69.0 Å². The number of ether oxygens (including phenoxy) is 6. The summed E-state index contributed by atoms with van der Waals surface area (Å²) in [6.45, 7) is 3.59. The molecule has 14 heteroatoms. The topological polar surface area (TPSA) is 214 Å². The van der Waals surface area contributed by atoms with Gasteiger partial charge in [0.15, 0.2) is 12.6 Å². The lowest BCUT2D eigenvalue weighted by atomic mass is 9.98. The highest BCUT2D eigenvalue weighted by Gasteiger charge is 2.47. The Hall–Kier alpha value is -1.27. The average molecular weight is 849 g/mol. The SMILES string of the molecule is CCCCCCCC/C=C\CCCCCCCCCCCCOCC(COC1OC(COC2OC(CO)C(O)C(O)C2O)C(O)C(O)C1O)OC(=O)CCCCCCC. The Labute approximate surface area is 354 Å². The molecule has 2 fully saturated rings. The Bertz CT molecular complexity index is 1030. The third-order valence-electron chi connectivity index (χ3n) is 11.3.